The summed E-state index contributed by atoms with van der Waals surface area (Å²) in [6, 6.07) is 15.8. The summed E-state index contributed by atoms with van der Waals surface area (Å²) in [5.41, 5.74) is 7.71. The second-order valence-electron chi connectivity index (χ2n) is 4.45. The van der Waals surface area contributed by atoms with Gasteiger partial charge in [0, 0.05) is 21.1 Å². The molecule has 0 saturated carbocycles. The lowest BCUT2D eigenvalue weighted by Gasteiger charge is -2.05. The Balaban J connectivity index is 1.87. The van der Waals surface area contributed by atoms with Crippen LogP contribution in [0.25, 0.3) is 11.0 Å². The molecule has 20 heavy (non-hydrogen) atoms. The highest BCUT2D eigenvalue weighted by molar-refractivity contribution is 14.1. The molecule has 102 valence electrons. The molecule has 1 aromatic heterocycles. The summed E-state index contributed by atoms with van der Waals surface area (Å²) in [5, 5.41) is 1.07. The molecule has 0 radical (unpaired) electrons. The van der Waals surface area contributed by atoms with Gasteiger partial charge in [-0.15, -0.1) is 0 Å². The number of para-hydroxylation sites is 1. The summed E-state index contributed by atoms with van der Waals surface area (Å²) in [4.78, 5) is 0. The van der Waals surface area contributed by atoms with E-state index in [9.17, 15) is 0 Å². The quantitative estimate of drug-likeness (QED) is 0.696. The Morgan fingerprint density at radius 2 is 1.95 bits per heavy atom. The summed E-state index contributed by atoms with van der Waals surface area (Å²) in [7, 11) is 0. The normalized spacial score (nSPS) is 10.9. The molecule has 0 fully saturated rings. The average Bonchev–Trinajstić information content (AvgIpc) is 2.82. The van der Waals surface area contributed by atoms with Crippen LogP contribution in [0, 0.1) is 3.57 Å². The van der Waals surface area contributed by atoms with Crippen molar-refractivity contribution >= 4 is 33.6 Å². The lowest BCUT2D eigenvalue weighted by molar-refractivity contribution is 0.272. The molecule has 0 amide bonds. The second-order valence-corrected chi connectivity index (χ2v) is 5.70. The Morgan fingerprint density at radius 3 is 2.75 bits per heavy atom. The number of fused-ring (bicyclic) bond motifs is 1. The van der Waals surface area contributed by atoms with Crippen molar-refractivity contribution in [1.29, 1.82) is 0 Å². The number of ether oxygens (including phenoxy) is 1. The van der Waals surface area contributed by atoms with Gasteiger partial charge in [-0.3, -0.25) is 0 Å². The largest absolute Gasteiger partial charge is 0.486 e. The Labute approximate surface area is 130 Å². The summed E-state index contributed by atoms with van der Waals surface area (Å²) in [6.07, 6.45) is 0. The zero-order chi connectivity index (χ0) is 13.9. The number of hydrogen-bond donors (Lipinski definition) is 1. The van der Waals surface area contributed by atoms with Gasteiger partial charge in [0.15, 0.2) is 0 Å². The van der Waals surface area contributed by atoms with Crippen molar-refractivity contribution in [2.45, 2.75) is 13.2 Å². The van der Waals surface area contributed by atoms with Gasteiger partial charge in [-0.25, -0.2) is 0 Å². The van der Waals surface area contributed by atoms with Crippen LogP contribution in [0.5, 0.6) is 5.75 Å². The molecule has 3 aromatic rings. The molecule has 0 unspecified atom stereocenters. The fourth-order valence-electron chi connectivity index (χ4n) is 2.20. The van der Waals surface area contributed by atoms with Gasteiger partial charge in [-0.2, -0.15) is 0 Å². The van der Waals surface area contributed by atoms with Gasteiger partial charge in [-0.1, -0.05) is 24.3 Å². The average molecular weight is 379 g/mol. The van der Waals surface area contributed by atoms with E-state index in [1.54, 1.807) is 0 Å². The van der Waals surface area contributed by atoms with Crippen molar-refractivity contribution in [3.8, 4) is 5.75 Å². The van der Waals surface area contributed by atoms with Crippen molar-refractivity contribution < 1.29 is 9.15 Å². The molecular formula is C16H14INO2. The van der Waals surface area contributed by atoms with Crippen LogP contribution in [0.15, 0.2) is 52.9 Å². The molecule has 3 nitrogen and oxygen atoms in total. The Hall–Kier alpha value is -1.53. The number of benzene rings is 2. The fourth-order valence-corrected chi connectivity index (χ4v) is 2.71. The van der Waals surface area contributed by atoms with Gasteiger partial charge in [0.1, 0.15) is 23.7 Å². The summed E-state index contributed by atoms with van der Waals surface area (Å²) in [5.74, 6) is 1.63. The molecule has 0 atom stereocenters. The molecule has 0 bridgehead atoms. The fraction of sp³-hybridized carbons (Fsp3) is 0.125. The van der Waals surface area contributed by atoms with E-state index in [1.807, 2.05) is 48.5 Å². The highest BCUT2D eigenvalue weighted by Crippen LogP contribution is 2.26. The predicted molar refractivity (Wildman–Crippen MR) is 87.6 cm³/mol. The van der Waals surface area contributed by atoms with Gasteiger partial charge in [0.25, 0.3) is 0 Å². The summed E-state index contributed by atoms with van der Waals surface area (Å²) >= 11 is 2.26. The zero-order valence-corrected chi connectivity index (χ0v) is 13.0. The smallest absolute Gasteiger partial charge is 0.147 e. The van der Waals surface area contributed by atoms with Gasteiger partial charge in [-0.05, 0) is 46.9 Å². The van der Waals surface area contributed by atoms with Gasteiger partial charge < -0.3 is 14.9 Å². The van der Waals surface area contributed by atoms with E-state index in [-0.39, 0.29) is 0 Å². The maximum atomic E-state index is 5.84. The number of nitrogens with two attached hydrogens (primary N) is 1. The molecule has 2 N–H and O–H groups in total. The molecule has 0 aliphatic heterocycles. The van der Waals surface area contributed by atoms with E-state index in [0.717, 1.165) is 31.6 Å². The molecule has 0 spiro atoms. The lowest BCUT2D eigenvalue weighted by atomic mass is 10.1. The maximum absolute atomic E-state index is 5.84. The highest BCUT2D eigenvalue weighted by atomic mass is 127. The van der Waals surface area contributed by atoms with E-state index < -0.39 is 0 Å². The summed E-state index contributed by atoms with van der Waals surface area (Å²) < 4.78 is 12.8. The minimum Gasteiger partial charge on any atom is -0.486 e. The van der Waals surface area contributed by atoms with Crippen molar-refractivity contribution in [3.63, 3.8) is 0 Å². The van der Waals surface area contributed by atoms with E-state index in [1.165, 1.54) is 0 Å². The van der Waals surface area contributed by atoms with Crippen LogP contribution >= 0.6 is 22.6 Å². The molecule has 3 rings (SSSR count). The van der Waals surface area contributed by atoms with Gasteiger partial charge >= 0.3 is 0 Å². The molecule has 0 aliphatic carbocycles. The lowest BCUT2D eigenvalue weighted by Crippen LogP contribution is -2.02. The van der Waals surface area contributed by atoms with Crippen molar-refractivity contribution in [2.24, 2.45) is 5.73 Å². The van der Waals surface area contributed by atoms with Crippen LogP contribution in [0.2, 0.25) is 0 Å². The van der Waals surface area contributed by atoms with Crippen molar-refractivity contribution in [1.82, 2.24) is 0 Å². The van der Waals surface area contributed by atoms with Crippen LogP contribution in [0.3, 0.4) is 0 Å². The molecule has 1 heterocycles. The van der Waals surface area contributed by atoms with E-state index in [4.69, 9.17) is 14.9 Å². The SMILES string of the molecule is NCc1c(COc2cccc(I)c2)oc2ccccc12. The monoisotopic (exact) mass is 379 g/mol. The van der Waals surface area contributed by atoms with Gasteiger partial charge in [0.05, 0.1) is 0 Å². The Morgan fingerprint density at radius 1 is 1.10 bits per heavy atom. The summed E-state index contributed by atoms with van der Waals surface area (Å²) in [6.45, 7) is 0.837. The third kappa shape index (κ3) is 2.66. The second kappa shape index (κ2) is 5.85. The number of hydrogen-bond acceptors (Lipinski definition) is 3. The first kappa shape index (κ1) is 13.5. The van der Waals surface area contributed by atoms with Crippen molar-refractivity contribution in [2.75, 3.05) is 0 Å². The first-order chi connectivity index (χ1) is 9.78. The number of furan rings is 1. The standard InChI is InChI=1S/C16H14INO2/c17-11-4-3-5-12(8-11)19-10-16-14(9-18)13-6-1-2-7-15(13)20-16/h1-8H,9-10,18H2. The number of halogens is 1. The highest BCUT2D eigenvalue weighted by Gasteiger charge is 2.12. The Bertz CT molecular complexity index is 736. The van der Waals surface area contributed by atoms with Gasteiger partial charge in [0.2, 0.25) is 0 Å². The van der Waals surface area contributed by atoms with Crippen LogP contribution in [0.1, 0.15) is 11.3 Å². The van der Waals surface area contributed by atoms with Crippen LogP contribution in [-0.4, -0.2) is 0 Å². The van der Waals surface area contributed by atoms with E-state index >= 15 is 0 Å². The third-order valence-electron chi connectivity index (χ3n) is 3.15. The topological polar surface area (TPSA) is 48.4 Å². The number of rotatable bonds is 4. The predicted octanol–water partition coefficient (Wildman–Crippen LogP) is 4.08. The minimum atomic E-state index is 0.390. The molecule has 4 heteroatoms. The van der Waals surface area contributed by atoms with Crippen LogP contribution < -0.4 is 10.5 Å². The zero-order valence-electron chi connectivity index (χ0n) is 10.8. The van der Waals surface area contributed by atoms with E-state index in [0.29, 0.717) is 13.2 Å². The van der Waals surface area contributed by atoms with Crippen LogP contribution in [0.4, 0.5) is 0 Å². The molecule has 0 saturated heterocycles. The Kier molecular flexibility index (Phi) is 3.93. The maximum Gasteiger partial charge on any atom is 0.147 e. The minimum absolute atomic E-state index is 0.390. The first-order valence-electron chi connectivity index (χ1n) is 6.35. The van der Waals surface area contributed by atoms with E-state index in [2.05, 4.69) is 22.6 Å². The molecule has 0 aliphatic rings. The molecule has 2 aromatic carbocycles. The van der Waals surface area contributed by atoms with Crippen LogP contribution in [-0.2, 0) is 13.2 Å². The molecular weight excluding hydrogens is 365 g/mol. The van der Waals surface area contributed by atoms with Crippen molar-refractivity contribution in [3.05, 3.63) is 63.4 Å². The first-order valence-corrected chi connectivity index (χ1v) is 7.43. The third-order valence-corrected chi connectivity index (χ3v) is 3.82.